The maximum absolute atomic E-state index is 13.1. The lowest BCUT2D eigenvalue weighted by molar-refractivity contribution is -0.0969. The second-order valence-corrected chi connectivity index (χ2v) is 7.05. The lowest BCUT2D eigenvalue weighted by Crippen LogP contribution is -2.44. The maximum atomic E-state index is 13.1. The van der Waals surface area contributed by atoms with Gasteiger partial charge in [0.2, 0.25) is 0 Å². The Bertz CT molecular complexity index is 646. The van der Waals surface area contributed by atoms with E-state index < -0.39 is 0 Å². The zero-order valence-corrected chi connectivity index (χ0v) is 15.4. The summed E-state index contributed by atoms with van der Waals surface area (Å²) in [7, 11) is 0. The minimum atomic E-state index is -0.191. The van der Waals surface area contributed by atoms with Crippen LogP contribution in [-0.4, -0.2) is 54.2 Å². The quantitative estimate of drug-likeness (QED) is 0.831. The van der Waals surface area contributed by atoms with E-state index in [2.05, 4.69) is 11.9 Å². The van der Waals surface area contributed by atoms with Crippen molar-refractivity contribution in [3.05, 3.63) is 22.5 Å². The second-order valence-electron chi connectivity index (χ2n) is 7.05. The Morgan fingerprint density at radius 3 is 2.64 bits per heavy atom. The molecule has 0 bridgehead atoms. The summed E-state index contributed by atoms with van der Waals surface area (Å²) in [6.45, 7) is 8.14. The molecule has 25 heavy (non-hydrogen) atoms. The minimum absolute atomic E-state index is 0.0123. The number of Topliss-reactive ketones (excluding diaryl/α,β-unsaturated/α-hetero) is 1. The average Bonchev–Trinajstić information content (AvgIpc) is 3.23. The van der Waals surface area contributed by atoms with Gasteiger partial charge in [0.1, 0.15) is 5.69 Å². The SMILES string of the molecule is CCCc1c(C(=O)N2CCCC(C3OCCO3)C2)[nH]c(C)c1C(C)=O. The molecule has 138 valence electrons. The van der Waals surface area contributed by atoms with E-state index in [9.17, 15) is 9.59 Å². The molecule has 6 nitrogen and oxygen atoms in total. The number of hydrogen-bond donors (Lipinski definition) is 1. The van der Waals surface area contributed by atoms with Crippen molar-refractivity contribution in [1.82, 2.24) is 9.88 Å². The molecule has 2 saturated heterocycles. The van der Waals surface area contributed by atoms with Crippen molar-refractivity contribution in [2.75, 3.05) is 26.3 Å². The smallest absolute Gasteiger partial charge is 0.270 e. The molecule has 1 aromatic rings. The Labute approximate surface area is 148 Å². The number of piperidine rings is 1. The number of nitrogens with one attached hydrogen (secondary N) is 1. The topological polar surface area (TPSA) is 71.6 Å². The van der Waals surface area contributed by atoms with Crippen molar-refractivity contribution in [2.24, 2.45) is 5.92 Å². The number of likely N-dealkylation sites (tertiary alicyclic amines) is 1. The molecule has 3 heterocycles. The minimum Gasteiger partial charge on any atom is -0.354 e. The van der Waals surface area contributed by atoms with Gasteiger partial charge in [0.05, 0.1) is 13.2 Å². The zero-order valence-electron chi connectivity index (χ0n) is 15.4. The molecule has 2 aliphatic heterocycles. The number of H-pyrrole nitrogens is 1. The van der Waals surface area contributed by atoms with E-state index >= 15 is 0 Å². The first-order chi connectivity index (χ1) is 12.0. The molecule has 1 N–H and O–H groups in total. The van der Waals surface area contributed by atoms with Gasteiger partial charge in [-0.3, -0.25) is 9.59 Å². The first-order valence-electron chi connectivity index (χ1n) is 9.27. The lowest BCUT2D eigenvalue weighted by atomic mass is 9.96. The summed E-state index contributed by atoms with van der Waals surface area (Å²) < 4.78 is 11.3. The average molecular weight is 348 g/mol. The standard InChI is InChI=1S/C19H28N2O4/c1-4-6-15-16(13(3)22)12(2)20-17(15)18(23)21-8-5-7-14(11-21)19-24-9-10-25-19/h14,19-20H,4-11H2,1-3H3. The van der Waals surface area contributed by atoms with Gasteiger partial charge in [-0.05, 0) is 38.7 Å². The first kappa shape index (κ1) is 18.1. The maximum Gasteiger partial charge on any atom is 0.270 e. The highest BCUT2D eigenvalue weighted by atomic mass is 16.7. The fourth-order valence-electron chi connectivity index (χ4n) is 4.06. The zero-order chi connectivity index (χ0) is 18.0. The van der Waals surface area contributed by atoms with Crippen LogP contribution in [0.25, 0.3) is 0 Å². The number of hydrogen-bond acceptors (Lipinski definition) is 4. The van der Waals surface area contributed by atoms with Gasteiger partial charge in [0.15, 0.2) is 12.1 Å². The predicted octanol–water partition coefficient (Wildman–Crippen LogP) is 2.70. The molecule has 1 unspecified atom stereocenters. The van der Waals surface area contributed by atoms with Crippen molar-refractivity contribution < 1.29 is 19.1 Å². The van der Waals surface area contributed by atoms with E-state index in [0.717, 1.165) is 43.5 Å². The Morgan fingerprint density at radius 1 is 1.28 bits per heavy atom. The summed E-state index contributed by atoms with van der Waals surface area (Å²) in [5.41, 5.74) is 2.92. The Kier molecular flexibility index (Phi) is 5.59. The van der Waals surface area contributed by atoms with Crippen LogP contribution in [0.2, 0.25) is 0 Å². The number of aryl methyl sites for hydroxylation is 1. The Hall–Kier alpha value is -1.66. The highest BCUT2D eigenvalue weighted by Gasteiger charge is 2.34. The third kappa shape index (κ3) is 3.65. The largest absolute Gasteiger partial charge is 0.354 e. The van der Waals surface area contributed by atoms with E-state index in [1.54, 1.807) is 6.92 Å². The van der Waals surface area contributed by atoms with Gasteiger partial charge in [0.25, 0.3) is 5.91 Å². The number of amides is 1. The normalized spacial score (nSPS) is 21.7. The fourth-order valence-corrected chi connectivity index (χ4v) is 4.06. The molecule has 0 saturated carbocycles. The number of rotatable bonds is 5. The fraction of sp³-hybridized carbons (Fsp3) is 0.684. The van der Waals surface area contributed by atoms with Crippen LogP contribution in [0.4, 0.5) is 0 Å². The molecule has 3 rings (SSSR count). The molecule has 0 radical (unpaired) electrons. The highest BCUT2D eigenvalue weighted by molar-refractivity contribution is 6.02. The number of aromatic amines is 1. The Balaban J connectivity index is 1.82. The van der Waals surface area contributed by atoms with Gasteiger partial charge >= 0.3 is 0 Å². The van der Waals surface area contributed by atoms with Gasteiger partial charge in [-0.25, -0.2) is 0 Å². The highest BCUT2D eigenvalue weighted by Crippen LogP contribution is 2.28. The van der Waals surface area contributed by atoms with Gasteiger partial charge in [-0.1, -0.05) is 13.3 Å². The number of ether oxygens (including phenoxy) is 2. The van der Waals surface area contributed by atoms with Crippen molar-refractivity contribution in [3.63, 3.8) is 0 Å². The van der Waals surface area contributed by atoms with Crippen molar-refractivity contribution in [1.29, 1.82) is 0 Å². The molecule has 2 fully saturated rings. The van der Waals surface area contributed by atoms with E-state index in [4.69, 9.17) is 9.47 Å². The summed E-state index contributed by atoms with van der Waals surface area (Å²) in [4.78, 5) is 30.2. The van der Waals surface area contributed by atoms with E-state index in [0.29, 0.717) is 31.0 Å². The number of nitrogens with zero attached hydrogens (tertiary/aromatic N) is 1. The van der Waals surface area contributed by atoms with Gasteiger partial charge in [-0.2, -0.15) is 0 Å². The van der Waals surface area contributed by atoms with Crippen LogP contribution < -0.4 is 0 Å². The Morgan fingerprint density at radius 2 is 2.00 bits per heavy atom. The van der Waals surface area contributed by atoms with E-state index in [1.807, 2.05) is 11.8 Å². The molecule has 0 spiro atoms. The molecule has 0 aromatic carbocycles. The van der Waals surface area contributed by atoms with Crippen molar-refractivity contribution in [2.45, 2.75) is 52.7 Å². The third-order valence-corrected chi connectivity index (χ3v) is 5.13. The molecule has 1 atom stereocenters. The van der Waals surface area contributed by atoms with Crippen LogP contribution in [0.3, 0.4) is 0 Å². The summed E-state index contributed by atoms with van der Waals surface area (Å²) in [6, 6.07) is 0. The number of carbonyl (C=O) groups is 2. The number of aromatic nitrogens is 1. The molecular formula is C19H28N2O4. The molecular weight excluding hydrogens is 320 g/mol. The van der Waals surface area contributed by atoms with Crippen LogP contribution in [0, 0.1) is 12.8 Å². The van der Waals surface area contributed by atoms with Gasteiger partial charge < -0.3 is 19.4 Å². The summed E-state index contributed by atoms with van der Waals surface area (Å²) in [5.74, 6) is 0.223. The van der Waals surface area contributed by atoms with Gasteiger partial charge in [0, 0.05) is 30.3 Å². The van der Waals surface area contributed by atoms with Gasteiger partial charge in [-0.15, -0.1) is 0 Å². The molecule has 0 aliphatic carbocycles. The monoisotopic (exact) mass is 348 g/mol. The van der Waals surface area contributed by atoms with E-state index in [1.165, 1.54) is 0 Å². The summed E-state index contributed by atoms with van der Waals surface area (Å²) >= 11 is 0. The van der Waals surface area contributed by atoms with Crippen molar-refractivity contribution in [3.8, 4) is 0 Å². The number of ketones is 1. The van der Waals surface area contributed by atoms with Crippen LogP contribution in [-0.2, 0) is 15.9 Å². The third-order valence-electron chi connectivity index (χ3n) is 5.13. The second kappa shape index (κ2) is 7.70. The predicted molar refractivity (Wildman–Crippen MR) is 93.8 cm³/mol. The van der Waals surface area contributed by atoms with Crippen LogP contribution in [0.1, 0.15) is 65.2 Å². The van der Waals surface area contributed by atoms with Crippen LogP contribution in [0.5, 0.6) is 0 Å². The lowest BCUT2D eigenvalue weighted by Gasteiger charge is -2.34. The molecule has 6 heteroatoms. The molecule has 1 amide bonds. The first-order valence-corrected chi connectivity index (χ1v) is 9.27. The summed E-state index contributed by atoms with van der Waals surface area (Å²) in [5, 5.41) is 0. The summed E-state index contributed by atoms with van der Waals surface area (Å²) in [6.07, 6.45) is 3.39. The van der Waals surface area contributed by atoms with E-state index in [-0.39, 0.29) is 23.9 Å². The number of carbonyl (C=O) groups excluding carboxylic acids is 2. The molecule has 1 aromatic heterocycles. The molecule has 2 aliphatic rings. The van der Waals surface area contributed by atoms with Crippen LogP contribution in [0.15, 0.2) is 0 Å². The van der Waals surface area contributed by atoms with Crippen molar-refractivity contribution >= 4 is 11.7 Å². The van der Waals surface area contributed by atoms with Crippen LogP contribution >= 0.6 is 0 Å².